The quantitative estimate of drug-likeness (QED) is 0.395. The zero-order chi connectivity index (χ0) is 21.5. The van der Waals surface area contributed by atoms with E-state index in [1.165, 1.54) is 11.3 Å². The monoisotopic (exact) mass is 431 g/mol. The minimum absolute atomic E-state index is 0.229. The molecular formula is C24H21N3O3S. The first-order chi connectivity index (χ1) is 15.2. The lowest BCUT2D eigenvalue weighted by atomic mass is 10.1. The number of nitrogens with zero attached hydrogens (tertiary/aromatic N) is 1. The Morgan fingerprint density at radius 2 is 1.81 bits per heavy atom. The number of thiophene rings is 1. The van der Waals surface area contributed by atoms with Gasteiger partial charge >= 0.3 is 0 Å². The molecule has 0 fully saturated rings. The predicted molar refractivity (Wildman–Crippen MR) is 123 cm³/mol. The number of anilines is 1. The molecule has 7 heteroatoms. The van der Waals surface area contributed by atoms with E-state index in [1.54, 1.807) is 36.5 Å². The number of fused-ring (bicyclic) bond motifs is 1. The number of carbonyl (C=O) groups is 2. The maximum Gasteiger partial charge on any atom is 0.265 e. The number of hydrogen-bond acceptors (Lipinski definition) is 5. The first-order valence-corrected chi connectivity index (χ1v) is 10.8. The first kappa shape index (κ1) is 20.6. The number of aromatic nitrogens is 1. The van der Waals surface area contributed by atoms with Crippen LogP contribution >= 0.6 is 11.3 Å². The minimum Gasteiger partial charge on any atom is -0.491 e. The van der Waals surface area contributed by atoms with Gasteiger partial charge in [-0.15, -0.1) is 11.3 Å². The summed E-state index contributed by atoms with van der Waals surface area (Å²) >= 11 is 1.35. The van der Waals surface area contributed by atoms with Gasteiger partial charge in [0.1, 0.15) is 11.3 Å². The molecule has 0 saturated carbocycles. The Kier molecular flexibility index (Phi) is 6.54. The number of rotatable bonds is 8. The molecule has 4 aromatic rings. The molecule has 4 rings (SSSR count). The smallest absolute Gasteiger partial charge is 0.265 e. The van der Waals surface area contributed by atoms with Crippen LogP contribution in [-0.2, 0) is 0 Å². The van der Waals surface area contributed by atoms with Crippen LogP contribution in [0.2, 0.25) is 0 Å². The van der Waals surface area contributed by atoms with Gasteiger partial charge in [-0.3, -0.25) is 14.6 Å². The van der Waals surface area contributed by atoms with Gasteiger partial charge < -0.3 is 15.4 Å². The van der Waals surface area contributed by atoms with Crippen molar-refractivity contribution in [2.24, 2.45) is 0 Å². The molecule has 0 radical (unpaired) electrons. The van der Waals surface area contributed by atoms with Gasteiger partial charge in [0.2, 0.25) is 0 Å². The topological polar surface area (TPSA) is 80.3 Å². The fourth-order valence-electron chi connectivity index (χ4n) is 3.13. The number of carbonyl (C=O) groups excluding carboxylic acids is 2. The lowest BCUT2D eigenvalue weighted by Gasteiger charge is -2.12. The van der Waals surface area contributed by atoms with E-state index in [0.717, 1.165) is 16.7 Å². The van der Waals surface area contributed by atoms with Crippen molar-refractivity contribution in [2.45, 2.75) is 6.42 Å². The van der Waals surface area contributed by atoms with Crippen molar-refractivity contribution in [3.05, 3.63) is 88.7 Å². The molecule has 0 atom stereocenters. The molecule has 2 aromatic carbocycles. The van der Waals surface area contributed by atoms with Crippen LogP contribution in [0, 0.1) is 0 Å². The Balaban J connectivity index is 1.30. The summed E-state index contributed by atoms with van der Waals surface area (Å²) in [6.07, 6.45) is 2.38. The fourth-order valence-corrected chi connectivity index (χ4v) is 3.74. The number of para-hydroxylation sites is 2. The van der Waals surface area contributed by atoms with E-state index in [0.29, 0.717) is 35.7 Å². The summed E-state index contributed by atoms with van der Waals surface area (Å²) in [4.78, 5) is 29.9. The van der Waals surface area contributed by atoms with Gasteiger partial charge in [0.25, 0.3) is 11.8 Å². The molecule has 0 aliphatic heterocycles. The van der Waals surface area contributed by atoms with Gasteiger partial charge in [0, 0.05) is 18.1 Å². The molecule has 31 heavy (non-hydrogen) atoms. The summed E-state index contributed by atoms with van der Waals surface area (Å²) in [5.41, 5.74) is 1.73. The second-order valence-electron chi connectivity index (χ2n) is 6.77. The molecule has 0 bridgehead atoms. The Morgan fingerprint density at radius 1 is 0.935 bits per heavy atom. The van der Waals surface area contributed by atoms with Crippen molar-refractivity contribution in [1.29, 1.82) is 0 Å². The van der Waals surface area contributed by atoms with Gasteiger partial charge in [0.15, 0.2) is 0 Å². The number of hydrogen-bond donors (Lipinski definition) is 2. The maximum atomic E-state index is 12.6. The van der Waals surface area contributed by atoms with Crippen molar-refractivity contribution < 1.29 is 14.3 Å². The highest BCUT2D eigenvalue weighted by Crippen LogP contribution is 2.23. The minimum atomic E-state index is -0.242. The third kappa shape index (κ3) is 5.07. The highest BCUT2D eigenvalue weighted by Gasteiger charge is 2.14. The molecular weight excluding hydrogens is 410 g/mol. The zero-order valence-electron chi connectivity index (χ0n) is 16.7. The van der Waals surface area contributed by atoms with E-state index in [9.17, 15) is 9.59 Å². The van der Waals surface area contributed by atoms with Crippen LogP contribution in [0.15, 0.2) is 78.3 Å². The highest BCUT2D eigenvalue weighted by molar-refractivity contribution is 7.12. The average molecular weight is 432 g/mol. The van der Waals surface area contributed by atoms with Gasteiger partial charge in [-0.25, -0.2) is 0 Å². The number of benzene rings is 2. The molecule has 2 N–H and O–H groups in total. The largest absolute Gasteiger partial charge is 0.491 e. The SMILES string of the molecule is O=C(Nc1ccccc1C(=O)NCCCOc1cccc2cccnc12)c1cccs1. The predicted octanol–water partition coefficient (Wildman–Crippen LogP) is 4.75. The molecule has 2 heterocycles. The first-order valence-electron chi connectivity index (χ1n) is 9.91. The van der Waals surface area contributed by atoms with Crippen LogP contribution in [0.5, 0.6) is 5.75 Å². The lowest BCUT2D eigenvalue weighted by molar-refractivity contribution is 0.0952. The molecule has 0 unspecified atom stereocenters. The van der Waals surface area contributed by atoms with Crippen molar-refractivity contribution >= 4 is 39.7 Å². The summed E-state index contributed by atoms with van der Waals surface area (Å²) in [5.74, 6) is 0.257. The fraction of sp³-hybridized carbons (Fsp3) is 0.125. The van der Waals surface area contributed by atoms with Crippen LogP contribution in [0.3, 0.4) is 0 Å². The van der Waals surface area contributed by atoms with E-state index < -0.39 is 0 Å². The van der Waals surface area contributed by atoms with E-state index in [-0.39, 0.29) is 11.8 Å². The average Bonchev–Trinajstić information content (AvgIpc) is 3.34. The van der Waals surface area contributed by atoms with Gasteiger partial charge in [-0.05, 0) is 42.1 Å². The van der Waals surface area contributed by atoms with Gasteiger partial charge in [-0.2, -0.15) is 0 Å². The molecule has 0 spiro atoms. The highest BCUT2D eigenvalue weighted by atomic mass is 32.1. The summed E-state index contributed by atoms with van der Waals surface area (Å²) < 4.78 is 5.85. The number of pyridine rings is 1. The van der Waals surface area contributed by atoms with Crippen LogP contribution in [0.4, 0.5) is 5.69 Å². The number of ether oxygens (including phenoxy) is 1. The van der Waals surface area contributed by atoms with Crippen LogP contribution < -0.4 is 15.4 Å². The Bertz CT molecular complexity index is 1190. The van der Waals surface area contributed by atoms with Crippen molar-refractivity contribution in [2.75, 3.05) is 18.5 Å². The molecule has 6 nitrogen and oxygen atoms in total. The van der Waals surface area contributed by atoms with Gasteiger partial charge in [-0.1, -0.05) is 36.4 Å². The van der Waals surface area contributed by atoms with Crippen molar-refractivity contribution in [1.82, 2.24) is 10.3 Å². The van der Waals surface area contributed by atoms with Crippen LogP contribution in [0.1, 0.15) is 26.5 Å². The second-order valence-corrected chi connectivity index (χ2v) is 7.71. The van der Waals surface area contributed by atoms with E-state index >= 15 is 0 Å². The van der Waals surface area contributed by atoms with Gasteiger partial charge in [0.05, 0.1) is 22.7 Å². The third-order valence-corrected chi connectivity index (χ3v) is 5.49. The summed E-state index contributed by atoms with van der Waals surface area (Å²) in [6, 6.07) is 20.2. The number of nitrogens with one attached hydrogen (secondary N) is 2. The molecule has 0 aliphatic carbocycles. The second kappa shape index (κ2) is 9.86. The summed E-state index contributed by atoms with van der Waals surface area (Å²) in [5, 5.41) is 8.56. The zero-order valence-corrected chi connectivity index (χ0v) is 17.5. The summed E-state index contributed by atoms with van der Waals surface area (Å²) in [6.45, 7) is 0.900. The Labute approximate surface area is 183 Å². The van der Waals surface area contributed by atoms with Crippen molar-refractivity contribution in [3.63, 3.8) is 0 Å². The standard InChI is InChI=1S/C24H21N3O3S/c28-23(18-9-1-2-10-19(18)27-24(29)21-12-5-16-31-21)26-14-6-15-30-20-11-3-7-17-8-4-13-25-22(17)20/h1-5,7-13,16H,6,14-15H2,(H,26,28)(H,27,29). The summed E-state index contributed by atoms with van der Waals surface area (Å²) in [7, 11) is 0. The van der Waals surface area contributed by atoms with E-state index in [1.807, 2.05) is 41.8 Å². The van der Waals surface area contributed by atoms with Crippen molar-refractivity contribution in [3.8, 4) is 5.75 Å². The van der Waals surface area contributed by atoms with Crippen LogP contribution in [0.25, 0.3) is 10.9 Å². The van der Waals surface area contributed by atoms with E-state index in [4.69, 9.17) is 4.74 Å². The molecule has 2 aromatic heterocycles. The molecule has 156 valence electrons. The lowest BCUT2D eigenvalue weighted by Crippen LogP contribution is -2.27. The maximum absolute atomic E-state index is 12.6. The van der Waals surface area contributed by atoms with E-state index in [2.05, 4.69) is 15.6 Å². The van der Waals surface area contributed by atoms with Crippen LogP contribution in [-0.4, -0.2) is 29.9 Å². The normalized spacial score (nSPS) is 10.6. The Morgan fingerprint density at radius 3 is 2.68 bits per heavy atom. The number of amides is 2. The molecule has 0 saturated heterocycles. The third-order valence-electron chi connectivity index (χ3n) is 4.62. The molecule has 0 aliphatic rings. The Hall–Kier alpha value is -3.71. The molecule has 2 amide bonds.